The normalized spacial score (nSPS) is 13.9. The van der Waals surface area contributed by atoms with E-state index in [0.717, 1.165) is 22.6 Å². The molecule has 1 aromatic rings. The predicted octanol–water partition coefficient (Wildman–Crippen LogP) is 3.03. The smallest absolute Gasteiger partial charge is 0.335 e. The van der Waals surface area contributed by atoms with Crippen molar-refractivity contribution >= 4 is 38.9 Å². The molecule has 0 radical (unpaired) electrons. The zero-order valence-electron chi connectivity index (χ0n) is 10.2. The van der Waals surface area contributed by atoms with E-state index in [2.05, 4.69) is 44.8 Å². The Balaban J connectivity index is 0.000000492. The minimum Gasteiger partial charge on any atom is -0.386 e. The second-order valence-corrected chi connectivity index (χ2v) is 5.24. The van der Waals surface area contributed by atoms with E-state index in [-0.39, 0.29) is 0 Å². The van der Waals surface area contributed by atoms with Gasteiger partial charge in [-0.2, -0.15) is 8.42 Å². The number of hydrogen-bond acceptors (Lipinski definition) is 4. The van der Waals surface area contributed by atoms with Crippen LogP contribution in [-0.4, -0.2) is 22.0 Å². The summed E-state index contributed by atoms with van der Waals surface area (Å²) in [5.74, 6) is 0.887. The summed E-state index contributed by atoms with van der Waals surface area (Å²) in [6.07, 6.45) is 4.18. The van der Waals surface area contributed by atoms with E-state index in [4.69, 9.17) is 8.42 Å². The van der Waals surface area contributed by atoms with Crippen molar-refractivity contribution in [3.63, 3.8) is 0 Å². The van der Waals surface area contributed by atoms with E-state index in [9.17, 15) is 0 Å². The van der Waals surface area contributed by atoms with Crippen molar-refractivity contribution in [1.82, 2.24) is 0 Å². The molecule has 0 aliphatic heterocycles. The van der Waals surface area contributed by atoms with Gasteiger partial charge >= 0.3 is 11.6 Å². The molecule has 1 aliphatic rings. The van der Waals surface area contributed by atoms with Crippen molar-refractivity contribution in [3.8, 4) is 0 Å². The number of rotatable bonds is 4. The Morgan fingerprint density at radius 3 is 2.50 bits per heavy atom. The molecule has 0 amide bonds. The fourth-order valence-corrected chi connectivity index (χ4v) is 2.19. The average molecular weight is 333 g/mol. The second kappa shape index (κ2) is 8.26. The van der Waals surface area contributed by atoms with Gasteiger partial charge < -0.3 is 10.6 Å². The molecule has 18 heavy (non-hydrogen) atoms. The molecule has 0 heterocycles. The van der Waals surface area contributed by atoms with Gasteiger partial charge in [0.1, 0.15) is 0 Å². The quantitative estimate of drug-likeness (QED) is 0.889. The summed E-state index contributed by atoms with van der Waals surface area (Å²) >= 11 is 2.72. The molecule has 1 aliphatic carbocycles. The maximum Gasteiger partial charge on any atom is 0.335 e. The Bertz CT molecular complexity index is 419. The van der Waals surface area contributed by atoms with Gasteiger partial charge in [0, 0.05) is 18.1 Å². The molecule has 1 fully saturated rings. The van der Waals surface area contributed by atoms with Crippen LogP contribution in [-0.2, 0) is 11.6 Å². The number of hydrogen-bond donors (Lipinski definition) is 2. The minimum absolute atomic E-state index is 0.750. The summed E-state index contributed by atoms with van der Waals surface area (Å²) in [7, 11) is 1.95. The summed E-state index contributed by atoms with van der Waals surface area (Å²) in [4.78, 5) is 0. The SMILES string of the molecule is CNc1cc(Br)ccc1NCC1CCC1.O=S=O. The zero-order chi connectivity index (χ0) is 13.4. The highest BCUT2D eigenvalue weighted by Gasteiger charge is 2.17. The molecule has 0 spiro atoms. The van der Waals surface area contributed by atoms with Gasteiger partial charge in [-0.3, -0.25) is 0 Å². The standard InChI is InChI=1S/C12H17BrN2.O2S/c1-14-12-7-10(13)5-6-11(12)15-8-9-3-2-4-9;1-3-2/h5-7,9,14-15H,2-4,8H2,1H3;. The maximum absolute atomic E-state index is 8.29. The molecule has 2 rings (SSSR count). The maximum atomic E-state index is 8.29. The third-order valence-electron chi connectivity index (χ3n) is 3.06. The van der Waals surface area contributed by atoms with Crippen LogP contribution in [0.3, 0.4) is 0 Å². The zero-order valence-corrected chi connectivity index (χ0v) is 12.6. The molecule has 1 aromatic carbocycles. The number of nitrogens with one attached hydrogen (secondary N) is 2. The summed E-state index contributed by atoms with van der Waals surface area (Å²) in [6, 6.07) is 6.29. The third kappa shape index (κ3) is 4.78. The molecule has 100 valence electrons. The average Bonchev–Trinajstić information content (AvgIpc) is 2.30. The number of halogens is 1. The highest BCUT2D eigenvalue weighted by molar-refractivity contribution is 9.10. The van der Waals surface area contributed by atoms with Crippen LogP contribution in [0.1, 0.15) is 19.3 Å². The van der Waals surface area contributed by atoms with Crippen LogP contribution < -0.4 is 10.6 Å². The molecule has 4 nitrogen and oxygen atoms in total. The first-order chi connectivity index (χ1) is 8.71. The first-order valence-corrected chi connectivity index (χ1v) is 7.30. The largest absolute Gasteiger partial charge is 0.386 e. The molecule has 6 heteroatoms. The Labute approximate surface area is 119 Å². The lowest BCUT2D eigenvalue weighted by atomic mass is 9.85. The lowest BCUT2D eigenvalue weighted by Gasteiger charge is -2.26. The van der Waals surface area contributed by atoms with Crippen LogP contribution in [0.5, 0.6) is 0 Å². The molecular formula is C12H17BrN2O2S. The van der Waals surface area contributed by atoms with Crippen LogP contribution in [0.4, 0.5) is 11.4 Å². The molecule has 0 unspecified atom stereocenters. The first kappa shape index (κ1) is 15.2. The third-order valence-corrected chi connectivity index (χ3v) is 3.55. The molecule has 0 saturated heterocycles. The van der Waals surface area contributed by atoms with Crippen LogP contribution in [0.15, 0.2) is 22.7 Å². The summed E-state index contributed by atoms with van der Waals surface area (Å²) in [6.45, 7) is 1.11. The number of benzene rings is 1. The number of anilines is 2. The molecular weight excluding hydrogens is 316 g/mol. The Kier molecular flexibility index (Phi) is 6.97. The van der Waals surface area contributed by atoms with Gasteiger partial charge in [0.25, 0.3) is 0 Å². The molecule has 1 saturated carbocycles. The topological polar surface area (TPSA) is 58.2 Å². The van der Waals surface area contributed by atoms with E-state index in [0.29, 0.717) is 0 Å². The van der Waals surface area contributed by atoms with Crippen molar-refractivity contribution in [3.05, 3.63) is 22.7 Å². The fourth-order valence-electron chi connectivity index (χ4n) is 1.83. The van der Waals surface area contributed by atoms with Gasteiger partial charge in [-0.1, -0.05) is 22.4 Å². The summed E-state index contributed by atoms with van der Waals surface area (Å²) < 4.78 is 17.7. The Morgan fingerprint density at radius 2 is 2.00 bits per heavy atom. The molecule has 0 bridgehead atoms. The van der Waals surface area contributed by atoms with Crippen molar-refractivity contribution < 1.29 is 8.42 Å². The van der Waals surface area contributed by atoms with E-state index < -0.39 is 11.6 Å². The van der Waals surface area contributed by atoms with Crippen LogP contribution in [0.2, 0.25) is 0 Å². The predicted molar refractivity (Wildman–Crippen MR) is 78.4 cm³/mol. The van der Waals surface area contributed by atoms with E-state index in [1.807, 2.05) is 7.05 Å². The lowest BCUT2D eigenvalue weighted by molar-refractivity contribution is 0.333. The summed E-state index contributed by atoms with van der Waals surface area (Å²) in [5.41, 5.74) is 2.36. The van der Waals surface area contributed by atoms with Gasteiger partial charge in [0.15, 0.2) is 0 Å². The monoisotopic (exact) mass is 332 g/mol. The second-order valence-electron chi connectivity index (χ2n) is 4.19. The minimum atomic E-state index is -0.750. The van der Waals surface area contributed by atoms with Crippen molar-refractivity contribution in [2.75, 3.05) is 24.2 Å². The molecule has 0 aromatic heterocycles. The summed E-state index contributed by atoms with van der Waals surface area (Å²) in [5, 5.41) is 6.71. The first-order valence-electron chi connectivity index (χ1n) is 5.84. The van der Waals surface area contributed by atoms with Crippen molar-refractivity contribution in [1.29, 1.82) is 0 Å². The molecule has 2 N–H and O–H groups in total. The van der Waals surface area contributed by atoms with Crippen LogP contribution in [0.25, 0.3) is 0 Å². The highest BCUT2D eigenvalue weighted by atomic mass is 79.9. The van der Waals surface area contributed by atoms with Gasteiger partial charge in [0.05, 0.1) is 11.4 Å². The van der Waals surface area contributed by atoms with Crippen LogP contribution >= 0.6 is 15.9 Å². The van der Waals surface area contributed by atoms with E-state index >= 15 is 0 Å². The van der Waals surface area contributed by atoms with Gasteiger partial charge in [-0.05, 0) is 37.0 Å². The van der Waals surface area contributed by atoms with Crippen molar-refractivity contribution in [2.24, 2.45) is 5.92 Å². The van der Waals surface area contributed by atoms with Crippen LogP contribution in [0, 0.1) is 5.92 Å². The Hall–Kier alpha value is -0.880. The molecule has 0 atom stereocenters. The van der Waals surface area contributed by atoms with E-state index in [1.165, 1.54) is 24.9 Å². The van der Waals surface area contributed by atoms with Gasteiger partial charge in [0.2, 0.25) is 0 Å². The van der Waals surface area contributed by atoms with Gasteiger partial charge in [-0.25, -0.2) is 0 Å². The fraction of sp³-hybridized carbons (Fsp3) is 0.500. The van der Waals surface area contributed by atoms with Crippen molar-refractivity contribution in [2.45, 2.75) is 19.3 Å². The lowest BCUT2D eigenvalue weighted by Crippen LogP contribution is -2.21. The highest BCUT2D eigenvalue weighted by Crippen LogP contribution is 2.29. The van der Waals surface area contributed by atoms with E-state index in [1.54, 1.807) is 0 Å². The Morgan fingerprint density at radius 1 is 1.33 bits per heavy atom. The van der Waals surface area contributed by atoms with Gasteiger partial charge in [-0.15, -0.1) is 0 Å².